The van der Waals surface area contributed by atoms with E-state index in [0.29, 0.717) is 17.7 Å². The van der Waals surface area contributed by atoms with Crippen molar-refractivity contribution in [1.82, 2.24) is 5.48 Å². The van der Waals surface area contributed by atoms with Crippen LogP contribution in [0.5, 0.6) is 5.75 Å². The van der Waals surface area contributed by atoms with E-state index < -0.39 is 0 Å². The van der Waals surface area contributed by atoms with Crippen molar-refractivity contribution in [1.29, 1.82) is 5.41 Å². The van der Waals surface area contributed by atoms with Crippen LogP contribution < -0.4 is 10.2 Å². The Labute approximate surface area is 93.8 Å². The molecular weight excluding hydrogens is 208 g/mol. The molecule has 16 heavy (non-hydrogen) atoms. The van der Waals surface area contributed by atoms with Gasteiger partial charge in [-0.3, -0.25) is 10.2 Å². The van der Waals surface area contributed by atoms with Crippen LogP contribution in [0.3, 0.4) is 0 Å². The Morgan fingerprint density at radius 3 is 2.50 bits per heavy atom. The van der Waals surface area contributed by atoms with Gasteiger partial charge in [0.1, 0.15) is 5.75 Å². The minimum atomic E-state index is -0.388. The van der Waals surface area contributed by atoms with E-state index in [-0.39, 0.29) is 11.8 Å². The van der Waals surface area contributed by atoms with E-state index in [0.717, 1.165) is 0 Å². The number of carbonyl (C=O) groups is 1. The Hall–Kier alpha value is -2.04. The van der Waals surface area contributed by atoms with Gasteiger partial charge in [0.25, 0.3) is 5.91 Å². The first-order valence-corrected chi connectivity index (χ1v) is 4.86. The fourth-order valence-corrected chi connectivity index (χ4v) is 0.981. The molecule has 0 radical (unpaired) electrons. The number of ether oxygens (including phenoxy) is 1. The molecule has 0 aliphatic carbocycles. The lowest BCUT2D eigenvalue weighted by Gasteiger charge is -2.06. The maximum atomic E-state index is 11.5. The van der Waals surface area contributed by atoms with Crippen molar-refractivity contribution in [2.45, 2.75) is 13.3 Å². The second kappa shape index (κ2) is 5.75. The Kier molecular flexibility index (Phi) is 4.32. The second-order valence-electron chi connectivity index (χ2n) is 3.04. The maximum Gasteiger partial charge on any atom is 0.283 e. The number of hydrogen-bond donors (Lipinski definition) is 2. The lowest BCUT2D eigenvalue weighted by atomic mass is 10.2. The molecule has 0 aromatic heterocycles. The van der Waals surface area contributed by atoms with Crippen molar-refractivity contribution in [3.05, 3.63) is 29.8 Å². The molecule has 0 heterocycles. The van der Waals surface area contributed by atoms with Gasteiger partial charge in [-0.2, -0.15) is 5.48 Å². The molecule has 1 aromatic rings. The van der Waals surface area contributed by atoms with Crippen LogP contribution in [-0.4, -0.2) is 18.9 Å². The highest BCUT2D eigenvalue weighted by atomic mass is 16.7. The quantitative estimate of drug-likeness (QED) is 0.465. The average Bonchev–Trinajstić information content (AvgIpc) is 2.35. The van der Waals surface area contributed by atoms with Gasteiger partial charge < -0.3 is 9.57 Å². The SMILES string of the molecule is CCC(=N)ONC(=O)c1ccc(OC)cc1. The first-order chi connectivity index (χ1) is 7.67. The monoisotopic (exact) mass is 222 g/mol. The molecule has 0 atom stereocenters. The third-order valence-electron chi connectivity index (χ3n) is 1.94. The molecule has 0 aliphatic rings. The largest absolute Gasteiger partial charge is 0.497 e. The van der Waals surface area contributed by atoms with Gasteiger partial charge in [-0.05, 0) is 24.3 Å². The second-order valence-corrected chi connectivity index (χ2v) is 3.04. The summed E-state index contributed by atoms with van der Waals surface area (Å²) in [4.78, 5) is 16.2. The number of rotatable bonds is 3. The molecule has 0 spiro atoms. The smallest absolute Gasteiger partial charge is 0.283 e. The molecule has 86 valence electrons. The number of amides is 1. The molecule has 0 fully saturated rings. The van der Waals surface area contributed by atoms with Crippen LogP contribution in [0.1, 0.15) is 23.7 Å². The molecular formula is C11H14N2O3. The van der Waals surface area contributed by atoms with Gasteiger partial charge >= 0.3 is 0 Å². The highest BCUT2D eigenvalue weighted by Gasteiger charge is 2.06. The molecule has 0 saturated heterocycles. The van der Waals surface area contributed by atoms with E-state index in [4.69, 9.17) is 15.0 Å². The predicted octanol–water partition coefficient (Wildman–Crippen LogP) is 1.74. The minimum Gasteiger partial charge on any atom is -0.497 e. The number of carbonyl (C=O) groups excluding carboxylic acids is 1. The molecule has 1 amide bonds. The third kappa shape index (κ3) is 3.27. The Morgan fingerprint density at radius 1 is 1.38 bits per heavy atom. The molecule has 0 unspecified atom stereocenters. The molecule has 0 bridgehead atoms. The number of hydrogen-bond acceptors (Lipinski definition) is 4. The number of benzene rings is 1. The predicted molar refractivity (Wildman–Crippen MR) is 59.6 cm³/mol. The summed E-state index contributed by atoms with van der Waals surface area (Å²) in [5, 5.41) is 7.20. The van der Waals surface area contributed by atoms with E-state index in [2.05, 4.69) is 5.48 Å². The van der Waals surface area contributed by atoms with Gasteiger partial charge in [0.2, 0.25) is 5.90 Å². The molecule has 5 nitrogen and oxygen atoms in total. The fourth-order valence-electron chi connectivity index (χ4n) is 0.981. The van der Waals surface area contributed by atoms with Crippen molar-refractivity contribution >= 4 is 11.8 Å². The lowest BCUT2D eigenvalue weighted by Crippen LogP contribution is -2.26. The van der Waals surface area contributed by atoms with Crippen molar-refractivity contribution < 1.29 is 14.4 Å². The molecule has 1 rings (SSSR count). The summed E-state index contributed by atoms with van der Waals surface area (Å²) in [6, 6.07) is 6.60. The molecule has 0 aliphatic heterocycles. The normalized spacial score (nSPS) is 9.38. The first-order valence-electron chi connectivity index (χ1n) is 4.86. The molecule has 0 saturated carbocycles. The summed E-state index contributed by atoms with van der Waals surface area (Å²) in [6.07, 6.45) is 0.433. The highest BCUT2D eigenvalue weighted by molar-refractivity contribution is 5.94. The maximum absolute atomic E-state index is 11.5. The highest BCUT2D eigenvalue weighted by Crippen LogP contribution is 2.10. The van der Waals surface area contributed by atoms with Crippen LogP contribution in [0.2, 0.25) is 0 Å². The van der Waals surface area contributed by atoms with Crippen molar-refractivity contribution in [2.24, 2.45) is 0 Å². The van der Waals surface area contributed by atoms with Crippen LogP contribution in [0, 0.1) is 5.41 Å². The van der Waals surface area contributed by atoms with E-state index >= 15 is 0 Å². The minimum absolute atomic E-state index is 0.0156. The Morgan fingerprint density at radius 2 is 2.00 bits per heavy atom. The first kappa shape index (κ1) is 12.0. The van der Waals surface area contributed by atoms with Crippen LogP contribution in [0.15, 0.2) is 24.3 Å². The van der Waals surface area contributed by atoms with E-state index in [9.17, 15) is 4.79 Å². The van der Waals surface area contributed by atoms with Crippen LogP contribution in [0.4, 0.5) is 0 Å². The number of methoxy groups -OCH3 is 1. The molecule has 5 heteroatoms. The van der Waals surface area contributed by atoms with E-state index in [1.165, 1.54) is 0 Å². The van der Waals surface area contributed by atoms with Gasteiger partial charge in [-0.1, -0.05) is 6.92 Å². The van der Waals surface area contributed by atoms with Crippen molar-refractivity contribution in [3.8, 4) is 5.75 Å². The van der Waals surface area contributed by atoms with Gasteiger partial charge in [0.05, 0.1) is 7.11 Å². The molecule has 2 N–H and O–H groups in total. The lowest BCUT2D eigenvalue weighted by molar-refractivity contribution is 0.0727. The van der Waals surface area contributed by atoms with Crippen molar-refractivity contribution in [3.63, 3.8) is 0 Å². The summed E-state index contributed by atoms with van der Waals surface area (Å²) in [5.74, 6) is 0.307. The van der Waals surface area contributed by atoms with Crippen LogP contribution in [-0.2, 0) is 4.84 Å². The van der Waals surface area contributed by atoms with Gasteiger partial charge in [0.15, 0.2) is 0 Å². The zero-order chi connectivity index (χ0) is 12.0. The van der Waals surface area contributed by atoms with Gasteiger partial charge in [0, 0.05) is 12.0 Å². The van der Waals surface area contributed by atoms with Crippen LogP contribution in [0.25, 0.3) is 0 Å². The average molecular weight is 222 g/mol. The summed E-state index contributed by atoms with van der Waals surface area (Å²) in [6.45, 7) is 1.77. The summed E-state index contributed by atoms with van der Waals surface area (Å²) < 4.78 is 4.97. The summed E-state index contributed by atoms with van der Waals surface area (Å²) >= 11 is 0. The van der Waals surface area contributed by atoms with Gasteiger partial charge in [-0.15, -0.1) is 0 Å². The fraction of sp³-hybridized carbons (Fsp3) is 0.273. The zero-order valence-electron chi connectivity index (χ0n) is 9.24. The number of nitrogens with one attached hydrogen (secondary N) is 2. The van der Waals surface area contributed by atoms with Gasteiger partial charge in [-0.25, -0.2) is 0 Å². The van der Waals surface area contributed by atoms with E-state index in [1.807, 2.05) is 0 Å². The topological polar surface area (TPSA) is 71.4 Å². The summed E-state index contributed by atoms with van der Waals surface area (Å²) in [7, 11) is 1.56. The van der Waals surface area contributed by atoms with Crippen LogP contribution >= 0.6 is 0 Å². The van der Waals surface area contributed by atoms with Crippen molar-refractivity contribution in [2.75, 3.05) is 7.11 Å². The van der Waals surface area contributed by atoms with E-state index in [1.54, 1.807) is 38.3 Å². The Balaban J connectivity index is 2.56. The molecule has 1 aromatic carbocycles. The summed E-state index contributed by atoms with van der Waals surface area (Å²) in [5.41, 5.74) is 2.63. The number of hydroxylamine groups is 1. The third-order valence-corrected chi connectivity index (χ3v) is 1.94. The standard InChI is InChI=1S/C11H14N2O3/c1-3-10(12)16-13-11(14)8-4-6-9(15-2)7-5-8/h4-7,12H,3H2,1-2H3,(H,13,14). The zero-order valence-corrected chi connectivity index (χ0v) is 9.24. The Bertz CT molecular complexity index is 373.